The molecule has 0 aliphatic heterocycles. The van der Waals surface area contributed by atoms with Gasteiger partial charge >= 0.3 is 5.97 Å². The van der Waals surface area contributed by atoms with Gasteiger partial charge < -0.3 is 5.11 Å². The molecule has 0 aliphatic rings. The summed E-state index contributed by atoms with van der Waals surface area (Å²) >= 11 is 5.84. The number of nitrogens with zero attached hydrogens (tertiary/aromatic N) is 2. The van der Waals surface area contributed by atoms with Crippen molar-refractivity contribution in [3.05, 3.63) is 40.8 Å². The molecule has 0 saturated carbocycles. The summed E-state index contributed by atoms with van der Waals surface area (Å²) in [5.74, 6) is -0.983. The Morgan fingerprint density at radius 2 is 2.38 bits per heavy atom. The highest BCUT2D eigenvalue weighted by molar-refractivity contribution is 6.30. The van der Waals surface area contributed by atoms with Crippen molar-refractivity contribution in [1.82, 2.24) is 9.38 Å². The summed E-state index contributed by atoms with van der Waals surface area (Å²) in [5.41, 5.74) is 2.21. The normalized spacial score (nSPS) is 11.4. The average molecular weight is 237 g/mol. The van der Waals surface area contributed by atoms with Crippen LogP contribution in [0.1, 0.15) is 11.4 Å². The first-order valence-electron chi connectivity index (χ1n) is 4.63. The number of fused-ring (bicyclic) bond motifs is 1. The first kappa shape index (κ1) is 10.7. The topological polar surface area (TPSA) is 54.6 Å². The molecule has 0 atom stereocenters. The molecule has 0 spiro atoms. The molecule has 0 radical (unpaired) electrons. The summed E-state index contributed by atoms with van der Waals surface area (Å²) in [7, 11) is 0. The van der Waals surface area contributed by atoms with Gasteiger partial charge in [0.2, 0.25) is 0 Å². The molecular weight excluding hydrogens is 228 g/mol. The Kier molecular flexibility index (Phi) is 2.66. The molecule has 82 valence electrons. The van der Waals surface area contributed by atoms with Crippen LogP contribution in [-0.2, 0) is 4.79 Å². The molecule has 0 saturated heterocycles. The molecule has 2 rings (SSSR count). The van der Waals surface area contributed by atoms with E-state index in [0.717, 1.165) is 17.5 Å². The van der Waals surface area contributed by atoms with Crippen molar-refractivity contribution in [1.29, 1.82) is 0 Å². The summed E-state index contributed by atoms with van der Waals surface area (Å²) in [6, 6.07) is 3.46. The predicted octanol–water partition coefficient (Wildman–Crippen LogP) is 2.39. The molecule has 5 heteroatoms. The second-order valence-corrected chi connectivity index (χ2v) is 3.76. The number of aromatic nitrogens is 2. The van der Waals surface area contributed by atoms with Crippen LogP contribution < -0.4 is 0 Å². The van der Waals surface area contributed by atoms with Crippen molar-refractivity contribution in [2.45, 2.75) is 6.92 Å². The predicted molar refractivity (Wildman–Crippen MR) is 61.6 cm³/mol. The number of pyridine rings is 1. The number of carbonyl (C=O) groups is 1. The molecule has 0 bridgehead atoms. The molecule has 1 N–H and O–H groups in total. The van der Waals surface area contributed by atoms with Crippen LogP contribution in [-0.4, -0.2) is 20.5 Å². The van der Waals surface area contributed by atoms with Gasteiger partial charge in [-0.15, -0.1) is 0 Å². The van der Waals surface area contributed by atoms with Crippen molar-refractivity contribution in [2.24, 2.45) is 0 Å². The zero-order valence-corrected chi connectivity index (χ0v) is 9.27. The van der Waals surface area contributed by atoms with E-state index in [2.05, 4.69) is 4.98 Å². The highest BCUT2D eigenvalue weighted by Gasteiger charge is 2.06. The number of carboxylic acids is 1. The van der Waals surface area contributed by atoms with Gasteiger partial charge in [0.1, 0.15) is 5.65 Å². The monoisotopic (exact) mass is 236 g/mol. The van der Waals surface area contributed by atoms with E-state index in [1.165, 1.54) is 6.08 Å². The highest BCUT2D eigenvalue weighted by atomic mass is 35.5. The lowest BCUT2D eigenvalue weighted by Gasteiger charge is -1.96. The standard InChI is InChI=1S/C11H9ClN2O2/c1-7-9(2-3-11(15)16)14-5-4-8(12)6-10(14)13-7/h2-6H,1H3,(H,15,16)/b3-2+. The lowest BCUT2D eigenvalue weighted by Crippen LogP contribution is -1.90. The van der Waals surface area contributed by atoms with Gasteiger partial charge in [-0.2, -0.15) is 0 Å². The molecule has 0 fully saturated rings. The first-order valence-corrected chi connectivity index (χ1v) is 5.01. The maximum absolute atomic E-state index is 10.5. The van der Waals surface area contributed by atoms with Crippen LogP contribution in [0, 0.1) is 6.92 Å². The maximum Gasteiger partial charge on any atom is 0.328 e. The fourth-order valence-electron chi connectivity index (χ4n) is 1.51. The lowest BCUT2D eigenvalue weighted by atomic mass is 10.3. The number of carboxylic acid groups (broad SMARTS) is 1. The fourth-order valence-corrected chi connectivity index (χ4v) is 1.66. The van der Waals surface area contributed by atoms with Crippen LogP contribution in [0.4, 0.5) is 0 Å². The van der Waals surface area contributed by atoms with Crippen LogP contribution in [0.5, 0.6) is 0 Å². The van der Waals surface area contributed by atoms with Gasteiger partial charge in [-0.05, 0) is 19.1 Å². The molecule has 0 aromatic carbocycles. The van der Waals surface area contributed by atoms with E-state index in [0.29, 0.717) is 10.7 Å². The van der Waals surface area contributed by atoms with Crippen molar-refractivity contribution < 1.29 is 9.90 Å². The Balaban J connectivity index is 2.60. The van der Waals surface area contributed by atoms with Crippen LogP contribution in [0.3, 0.4) is 0 Å². The molecule has 0 aliphatic carbocycles. The van der Waals surface area contributed by atoms with Gasteiger partial charge in [0.05, 0.1) is 11.4 Å². The SMILES string of the molecule is Cc1nc2cc(Cl)ccn2c1/C=C/C(=O)O. The van der Waals surface area contributed by atoms with E-state index in [1.807, 2.05) is 6.92 Å². The van der Waals surface area contributed by atoms with Crippen LogP contribution in [0.2, 0.25) is 5.02 Å². The van der Waals surface area contributed by atoms with E-state index in [4.69, 9.17) is 16.7 Å². The summed E-state index contributed by atoms with van der Waals surface area (Å²) < 4.78 is 1.79. The van der Waals surface area contributed by atoms with Crippen molar-refractivity contribution in [3.8, 4) is 0 Å². The van der Waals surface area contributed by atoms with Gasteiger partial charge in [-0.25, -0.2) is 9.78 Å². The highest BCUT2D eigenvalue weighted by Crippen LogP contribution is 2.17. The Morgan fingerprint density at radius 1 is 1.62 bits per heavy atom. The molecule has 4 nitrogen and oxygen atoms in total. The summed E-state index contributed by atoms with van der Waals surface area (Å²) in [5, 5.41) is 9.18. The average Bonchev–Trinajstić information content (AvgIpc) is 2.50. The fraction of sp³-hybridized carbons (Fsp3) is 0.0909. The van der Waals surface area contributed by atoms with E-state index in [9.17, 15) is 4.79 Å². The van der Waals surface area contributed by atoms with Gasteiger partial charge in [0.15, 0.2) is 0 Å². The molecule has 2 heterocycles. The van der Waals surface area contributed by atoms with Gasteiger partial charge in [-0.3, -0.25) is 4.40 Å². The lowest BCUT2D eigenvalue weighted by molar-refractivity contribution is -0.131. The third kappa shape index (κ3) is 1.92. The minimum Gasteiger partial charge on any atom is -0.478 e. The third-order valence-electron chi connectivity index (χ3n) is 2.19. The summed E-state index contributed by atoms with van der Waals surface area (Å²) in [6.45, 7) is 1.82. The molecule has 16 heavy (non-hydrogen) atoms. The van der Waals surface area contributed by atoms with Crippen LogP contribution >= 0.6 is 11.6 Å². The zero-order valence-electron chi connectivity index (χ0n) is 8.51. The van der Waals surface area contributed by atoms with E-state index >= 15 is 0 Å². The molecule has 0 unspecified atom stereocenters. The second kappa shape index (κ2) is 3.98. The summed E-state index contributed by atoms with van der Waals surface area (Å²) in [6.07, 6.45) is 4.37. The Labute approximate surface area is 96.8 Å². The first-order chi connectivity index (χ1) is 7.58. The number of halogens is 1. The van der Waals surface area contributed by atoms with Gasteiger partial charge in [0.25, 0.3) is 0 Å². The molecule has 2 aromatic heterocycles. The number of aryl methyl sites for hydroxylation is 1. The number of aliphatic carboxylic acids is 1. The van der Waals surface area contributed by atoms with Crippen molar-refractivity contribution in [2.75, 3.05) is 0 Å². The van der Waals surface area contributed by atoms with Gasteiger partial charge in [0, 0.05) is 23.4 Å². The second-order valence-electron chi connectivity index (χ2n) is 3.33. The Morgan fingerprint density at radius 3 is 3.06 bits per heavy atom. The molecule has 2 aromatic rings. The van der Waals surface area contributed by atoms with E-state index in [1.54, 1.807) is 22.7 Å². The minimum absolute atomic E-state index is 0.603. The van der Waals surface area contributed by atoms with Crippen LogP contribution in [0.15, 0.2) is 24.4 Å². The van der Waals surface area contributed by atoms with E-state index < -0.39 is 5.97 Å². The maximum atomic E-state index is 10.5. The largest absolute Gasteiger partial charge is 0.478 e. The quantitative estimate of drug-likeness (QED) is 0.815. The number of rotatable bonds is 2. The zero-order chi connectivity index (χ0) is 11.7. The molecule has 0 amide bonds. The van der Waals surface area contributed by atoms with Crippen LogP contribution in [0.25, 0.3) is 11.7 Å². The third-order valence-corrected chi connectivity index (χ3v) is 2.43. The number of imidazole rings is 1. The smallest absolute Gasteiger partial charge is 0.328 e. The Bertz CT molecular complexity index is 587. The van der Waals surface area contributed by atoms with E-state index in [-0.39, 0.29) is 0 Å². The molecular formula is C11H9ClN2O2. The van der Waals surface area contributed by atoms with Gasteiger partial charge in [-0.1, -0.05) is 11.6 Å². The van der Waals surface area contributed by atoms with Crippen molar-refractivity contribution >= 4 is 29.3 Å². The summed E-state index contributed by atoms with van der Waals surface area (Å²) in [4.78, 5) is 14.7. The Hall–Kier alpha value is -1.81. The van der Waals surface area contributed by atoms with Crippen molar-refractivity contribution in [3.63, 3.8) is 0 Å². The number of hydrogen-bond donors (Lipinski definition) is 1. The number of hydrogen-bond acceptors (Lipinski definition) is 2. The minimum atomic E-state index is -0.983.